The average molecular weight is 187 g/mol. The zero-order valence-corrected chi connectivity index (χ0v) is 8.71. The Labute approximate surface area is 85.4 Å². The van der Waals surface area contributed by atoms with E-state index >= 15 is 0 Å². The summed E-state index contributed by atoms with van der Waals surface area (Å²) in [6, 6.07) is 6.42. The molecule has 1 nitrogen and oxygen atoms in total. The maximum absolute atomic E-state index is 5.49. The largest absolute Gasteiger partial charge is 0.489 e. The predicted octanol–water partition coefficient (Wildman–Crippen LogP) is 3.25. The van der Waals surface area contributed by atoms with Crippen LogP contribution in [0.3, 0.4) is 0 Å². The number of benzene rings is 1. The van der Waals surface area contributed by atoms with E-state index in [1.807, 2.05) is 0 Å². The van der Waals surface area contributed by atoms with Crippen molar-refractivity contribution in [1.82, 2.24) is 0 Å². The van der Waals surface area contributed by atoms with Crippen molar-refractivity contribution >= 4 is 6.08 Å². The average Bonchev–Trinajstić information content (AvgIpc) is 2.17. The Hall–Kier alpha value is -1.24. The Morgan fingerprint density at radius 2 is 2.21 bits per heavy atom. The van der Waals surface area contributed by atoms with Crippen molar-refractivity contribution in [3.63, 3.8) is 0 Å². The lowest BCUT2D eigenvalue weighted by Gasteiger charge is -2.14. The summed E-state index contributed by atoms with van der Waals surface area (Å²) in [6.07, 6.45) is 5.24. The van der Waals surface area contributed by atoms with Crippen molar-refractivity contribution in [2.75, 3.05) is 6.61 Å². The van der Waals surface area contributed by atoms with Gasteiger partial charge in [-0.3, -0.25) is 0 Å². The number of hydrogen-bond donors (Lipinski definition) is 0. The quantitative estimate of drug-likeness (QED) is 0.690. The van der Waals surface area contributed by atoms with Gasteiger partial charge in [0.25, 0.3) is 0 Å². The molecule has 0 unspecified atom stereocenters. The second kappa shape index (κ2) is 3.87. The molecule has 0 spiro atoms. The van der Waals surface area contributed by atoms with Crippen molar-refractivity contribution in [1.29, 1.82) is 0 Å². The van der Waals surface area contributed by atoms with E-state index in [0.717, 1.165) is 12.2 Å². The second-order valence-electron chi connectivity index (χ2n) is 3.97. The van der Waals surface area contributed by atoms with Crippen molar-refractivity contribution < 1.29 is 4.74 Å². The van der Waals surface area contributed by atoms with Gasteiger partial charge in [0.1, 0.15) is 12.4 Å². The van der Waals surface area contributed by atoms with Crippen molar-refractivity contribution in [3.8, 4) is 5.75 Å². The molecule has 1 radical (unpaired) electrons. The molecule has 0 aliphatic carbocycles. The first-order chi connectivity index (χ1) is 6.75. The van der Waals surface area contributed by atoms with Crippen LogP contribution in [0, 0.1) is 5.92 Å². The summed E-state index contributed by atoms with van der Waals surface area (Å²) in [4.78, 5) is 0. The van der Waals surface area contributed by atoms with Crippen LogP contribution in [-0.2, 0) is 6.42 Å². The Morgan fingerprint density at radius 3 is 3.00 bits per heavy atom. The van der Waals surface area contributed by atoms with Crippen molar-refractivity contribution in [2.24, 2.45) is 0 Å². The second-order valence-corrected chi connectivity index (χ2v) is 3.97. The minimum Gasteiger partial charge on any atom is -0.489 e. The fourth-order valence-corrected chi connectivity index (χ4v) is 1.69. The smallest absolute Gasteiger partial charge is 0.127 e. The minimum absolute atomic E-state index is 0.700. The fraction of sp³-hybridized carbons (Fsp3) is 0.308. The summed E-state index contributed by atoms with van der Waals surface area (Å²) in [7, 11) is 0. The molecule has 0 amide bonds. The lowest BCUT2D eigenvalue weighted by Crippen LogP contribution is -2.01. The zero-order chi connectivity index (χ0) is 9.97. The van der Waals surface area contributed by atoms with Crippen LogP contribution in [-0.4, -0.2) is 6.61 Å². The third kappa shape index (κ3) is 1.98. The van der Waals surface area contributed by atoms with E-state index in [0.29, 0.717) is 6.61 Å². The molecular formula is C13H15O. The third-order valence-corrected chi connectivity index (χ3v) is 2.26. The van der Waals surface area contributed by atoms with Gasteiger partial charge in [-0.2, -0.15) is 0 Å². The molecule has 0 aromatic heterocycles. The first kappa shape index (κ1) is 9.32. The highest BCUT2D eigenvalue weighted by Gasteiger charge is 2.06. The number of ether oxygens (including phenoxy) is 1. The van der Waals surface area contributed by atoms with Gasteiger partial charge in [-0.05, 0) is 36.1 Å². The van der Waals surface area contributed by atoms with Gasteiger partial charge in [-0.15, -0.1) is 0 Å². The normalized spacial score (nSPS) is 13.9. The highest BCUT2D eigenvalue weighted by molar-refractivity contribution is 5.60. The van der Waals surface area contributed by atoms with Gasteiger partial charge in [0.05, 0.1) is 0 Å². The number of rotatable bonds is 2. The maximum atomic E-state index is 5.49. The molecule has 73 valence electrons. The molecule has 1 aromatic rings. The molecule has 1 aromatic carbocycles. The van der Waals surface area contributed by atoms with Crippen LogP contribution >= 0.6 is 0 Å². The molecule has 0 saturated carbocycles. The summed E-state index contributed by atoms with van der Waals surface area (Å²) < 4.78 is 5.49. The topological polar surface area (TPSA) is 9.23 Å². The summed E-state index contributed by atoms with van der Waals surface area (Å²) in [6.45, 7) is 5.02. The number of hydrogen-bond acceptors (Lipinski definition) is 1. The lowest BCUT2D eigenvalue weighted by molar-refractivity contribution is 0.358. The van der Waals surface area contributed by atoms with Crippen molar-refractivity contribution in [3.05, 3.63) is 41.3 Å². The SMILES string of the molecule is C[C](C)Cc1ccc2c(c1)C=CCO2. The van der Waals surface area contributed by atoms with E-state index in [2.05, 4.69) is 44.2 Å². The van der Waals surface area contributed by atoms with E-state index in [-0.39, 0.29) is 0 Å². The van der Waals surface area contributed by atoms with E-state index in [4.69, 9.17) is 4.74 Å². The Kier molecular flexibility index (Phi) is 2.58. The van der Waals surface area contributed by atoms with Crippen LogP contribution in [0.2, 0.25) is 0 Å². The summed E-state index contributed by atoms with van der Waals surface area (Å²) >= 11 is 0. The molecule has 2 rings (SSSR count). The van der Waals surface area contributed by atoms with Gasteiger partial charge in [0.2, 0.25) is 0 Å². The molecule has 1 aliphatic heterocycles. The standard InChI is InChI=1S/C13H15O/c1-10(2)8-11-5-6-13-12(9-11)4-3-7-14-13/h3-6,9H,7-8H2,1-2H3. The fourth-order valence-electron chi connectivity index (χ4n) is 1.69. The molecular weight excluding hydrogens is 172 g/mol. The lowest BCUT2D eigenvalue weighted by atomic mass is 10.00. The molecule has 0 bridgehead atoms. The van der Waals surface area contributed by atoms with Gasteiger partial charge in [-0.1, -0.05) is 26.0 Å². The van der Waals surface area contributed by atoms with Crippen LogP contribution in [0.25, 0.3) is 6.08 Å². The van der Waals surface area contributed by atoms with Gasteiger partial charge in [0, 0.05) is 5.56 Å². The monoisotopic (exact) mass is 187 g/mol. The van der Waals surface area contributed by atoms with Gasteiger partial charge < -0.3 is 4.74 Å². The van der Waals surface area contributed by atoms with Crippen LogP contribution in [0.5, 0.6) is 5.75 Å². The Bertz CT molecular complexity index is 350. The minimum atomic E-state index is 0.700. The predicted molar refractivity (Wildman–Crippen MR) is 59.3 cm³/mol. The van der Waals surface area contributed by atoms with Crippen LogP contribution in [0.4, 0.5) is 0 Å². The highest BCUT2D eigenvalue weighted by atomic mass is 16.5. The van der Waals surface area contributed by atoms with E-state index in [9.17, 15) is 0 Å². The van der Waals surface area contributed by atoms with Crippen LogP contribution < -0.4 is 4.74 Å². The van der Waals surface area contributed by atoms with Gasteiger partial charge in [0.15, 0.2) is 0 Å². The van der Waals surface area contributed by atoms with E-state index in [1.54, 1.807) is 0 Å². The first-order valence-corrected chi connectivity index (χ1v) is 4.97. The van der Waals surface area contributed by atoms with E-state index in [1.165, 1.54) is 17.0 Å². The summed E-state index contributed by atoms with van der Waals surface area (Å²) in [5.74, 6) is 2.44. The van der Waals surface area contributed by atoms with Crippen molar-refractivity contribution in [2.45, 2.75) is 20.3 Å². The molecule has 1 heterocycles. The Balaban J connectivity index is 2.26. The first-order valence-electron chi connectivity index (χ1n) is 4.97. The molecule has 0 N–H and O–H groups in total. The maximum Gasteiger partial charge on any atom is 0.127 e. The zero-order valence-electron chi connectivity index (χ0n) is 8.71. The molecule has 1 heteroatoms. The molecule has 1 aliphatic rings. The number of fused-ring (bicyclic) bond motifs is 1. The van der Waals surface area contributed by atoms with Crippen LogP contribution in [0.1, 0.15) is 25.0 Å². The van der Waals surface area contributed by atoms with Gasteiger partial charge in [-0.25, -0.2) is 0 Å². The summed E-state index contributed by atoms with van der Waals surface area (Å²) in [5.41, 5.74) is 2.56. The third-order valence-electron chi connectivity index (χ3n) is 2.26. The molecule has 0 fully saturated rings. The van der Waals surface area contributed by atoms with Crippen LogP contribution in [0.15, 0.2) is 24.3 Å². The van der Waals surface area contributed by atoms with E-state index < -0.39 is 0 Å². The molecule has 14 heavy (non-hydrogen) atoms. The molecule has 0 saturated heterocycles. The summed E-state index contributed by atoms with van der Waals surface area (Å²) in [5, 5.41) is 0. The molecule has 0 atom stereocenters. The highest BCUT2D eigenvalue weighted by Crippen LogP contribution is 2.25. The Morgan fingerprint density at radius 1 is 1.36 bits per heavy atom. The van der Waals surface area contributed by atoms with Gasteiger partial charge >= 0.3 is 0 Å².